The first-order valence-corrected chi connectivity index (χ1v) is 7.16. The van der Waals surface area contributed by atoms with Crippen LogP contribution in [0.3, 0.4) is 0 Å². The lowest BCUT2D eigenvalue weighted by molar-refractivity contribution is -0.155. The van der Waals surface area contributed by atoms with Crippen molar-refractivity contribution in [3.63, 3.8) is 0 Å². The van der Waals surface area contributed by atoms with Gasteiger partial charge in [0.1, 0.15) is 5.03 Å². The Hall–Kier alpha value is -1.63. The molecule has 20 heavy (non-hydrogen) atoms. The van der Waals surface area contributed by atoms with Gasteiger partial charge in [-0.05, 0) is 27.0 Å². The molecule has 0 aliphatic carbocycles. The maximum Gasteiger partial charge on any atom is 0.350 e. The molecule has 1 N–H and O–H groups in total. The number of allylic oxidation sites excluding steroid dienone is 1. The highest BCUT2D eigenvalue weighted by Crippen LogP contribution is 2.28. The second-order valence-corrected chi connectivity index (χ2v) is 5.33. The minimum atomic E-state index is -2.28. The second-order valence-electron chi connectivity index (χ2n) is 4.54. The van der Waals surface area contributed by atoms with Crippen molar-refractivity contribution in [3.05, 3.63) is 30.2 Å². The molecule has 0 saturated heterocycles. The number of aromatic nitrogens is 2. The number of rotatable bonds is 5. The van der Waals surface area contributed by atoms with E-state index in [0.29, 0.717) is 5.03 Å². The first-order valence-electron chi connectivity index (χ1n) is 5.94. The van der Waals surface area contributed by atoms with E-state index in [1.54, 1.807) is 6.26 Å². The van der Waals surface area contributed by atoms with Crippen LogP contribution in [0, 0.1) is 5.41 Å². The van der Waals surface area contributed by atoms with Crippen molar-refractivity contribution in [2.24, 2.45) is 0 Å². The van der Waals surface area contributed by atoms with E-state index in [0.717, 1.165) is 6.92 Å². The molecule has 0 aromatic carbocycles. The highest BCUT2D eigenvalue weighted by Gasteiger charge is 2.42. The molecule has 0 bridgehead atoms. The number of halogens is 1. The largest absolute Gasteiger partial charge is 0.430 e. The van der Waals surface area contributed by atoms with Crippen molar-refractivity contribution in [2.45, 2.75) is 37.5 Å². The smallest absolute Gasteiger partial charge is 0.350 e. The fourth-order valence-electron chi connectivity index (χ4n) is 1.58. The van der Waals surface area contributed by atoms with Crippen LogP contribution in [-0.2, 0) is 9.53 Å². The van der Waals surface area contributed by atoms with Gasteiger partial charge in [-0.15, -0.1) is 11.8 Å². The number of hydrogen-bond acceptors (Lipinski definition) is 5. The van der Waals surface area contributed by atoms with Crippen LogP contribution >= 0.6 is 11.8 Å². The molecule has 1 unspecified atom stereocenters. The van der Waals surface area contributed by atoms with Crippen molar-refractivity contribution in [3.8, 4) is 0 Å². The van der Waals surface area contributed by atoms with Gasteiger partial charge in [-0.2, -0.15) is 0 Å². The Balaban J connectivity index is 3.17. The summed E-state index contributed by atoms with van der Waals surface area (Å²) in [5.74, 6) is -0.895. The lowest BCUT2D eigenvalue weighted by Crippen LogP contribution is -2.43. The molecule has 0 saturated carbocycles. The zero-order valence-corrected chi connectivity index (χ0v) is 12.8. The van der Waals surface area contributed by atoms with E-state index in [2.05, 4.69) is 11.6 Å². The number of alkyl halides is 1. The Morgan fingerprint density at radius 3 is 2.80 bits per heavy atom. The maximum absolute atomic E-state index is 14.7. The number of carbonyl (C=O) groups is 1. The number of nitrogens with one attached hydrogen (secondary N) is 1. The standard InChI is InChI=1S/C13H18FN3O2S/c1-8(2)19-12(18)13(4,14)9(3)17-7-6-16-11(20-5)10(17)15/h6-7,9,15H,1H2,2-5H3/t9-,13?/m0/s1. The van der Waals surface area contributed by atoms with Gasteiger partial charge in [0, 0.05) is 12.4 Å². The van der Waals surface area contributed by atoms with Gasteiger partial charge >= 0.3 is 5.97 Å². The zero-order valence-electron chi connectivity index (χ0n) is 11.9. The Morgan fingerprint density at radius 1 is 1.70 bits per heavy atom. The summed E-state index contributed by atoms with van der Waals surface area (Å²) in [6, 6.07) is -0.907. The van der Waals surface area contributed by atoms with Gasteiger partial charge in [-0.25, -0.2) is 14.2 Å². The molecule has 110 valence electrons. The van der Waals surface area contributed by atoms with Crippen LogP contribution in [0.4, 0.5) is 4.39 Å². The van der Waals surface area contributed by atoms with Crippen LogP contribution in [-0.4, -0.2) is 27.4 Å². The summed E-state index contributed by atoms with van der Waals surface area (Å²) >= 11 is 1.28. The number of esters is 1. The summed E-state index contributed by atoms with van der Waals surface area (Å²) in [7, 11) is 0. The summed E-state index contributed by atoms with van der Waals surface area (Å²) in [6.07, 6.45) is 4.72. The fourth-order valence-corrected chi connectivity index (χ4v) is 2.05. The van der Waals surface area contributed by atoms with Gasteiger partial charge in [0.25, 0.3) is 0 Å². The molecule has 1 heterocycles. The van der Waals surface area contributed by atoms with E-state index < -0.39 is 17.7 Å². The van der Waals surface area contributed by atoms with E-state index in [-0.39, 0.29) is 11.2 Å². The number of thioether (sulfide) groups is 1. The third kappa shape index (κ3) is 3.27. The molecule has 0 aliphatic rings. The molecule has 1 aromatic heterocycles. The number of hydrogen-bond donors (Lipinski definition) is 1. The number of carbonyl (C=O) groups excluding carboxylic acids is 1. The average Bonchev–Trinajstić information content (AvgIpc) is 2.37. The molecule has 0 fully saturated rings. The first kappa shape index (κ1) is 16.4. The molecule has 0 radical (unpaired) electrons. The molecule has 2 atom stereocenters. The van der Waals surface area contributed by atoms with E-state index in [1.807, 2.05) is 0 Å². The van der Waals surface area contributed by atoms with Crippen molar-refractivity contribution < 1.29 is 13.9 Å². The maximum atomic E-state index is 14.7. The summed E-state index contributed by atoms with van der Waals surface area (Å²) < 4.78 is 20.8. The number of ether oxygens (including phenoxy) is 1. The molecule has 5 nitrogen and oxygen atoms in total. The van der Waals surface area contributed by atoms with Gasteiger partial charge in [0.2, 0.25) is 5.67 Å². The molecule has 0 aliphatic heterocycles. The van der Waals surface area contributed by atoms with Crippen LogP contribution in [0.25, 0.3) is 0 Å². The molecule has 0 spiro atoms. The van der Waals surface area contributed by atoms with Crippen molar-refractivity contribution in [1.82, 2.24) is 9.55 Å². The topological polar surface area (TPSA) is 68.0 Å². The molecule has 7 heteroatoms. The highest BCUT2D eigenvalue weighted by atomic mass is 32.2. The Bertz CT molecular complexity index is 583. The quantitative estimate of drug-likeness (QED) is 0.515. The summed E-state index contributed by atoms with van der Waals surface area (Å²) in [6.45, 7) is 7.54. The van der Waals surface area contributed by atoms with Gasteiger partial charge in [-0.1, -0.05) is 6.58 Å². The predicted molar refractivity (Wildman–Crippen MR) is 75.0 cm³/mol. The Labute approximate surface area is 121 Å². The minimum absolute atomic E-state index is 0.0551. The van der Waals surface area contributed by atoms with Crippen LogP contribution in [0.1, 0.15) is 26.8 Å². The highest BCUT2D eigenvalue weighted by molar-refractivity contribution is 7.98. The van der Waals surface area contributed by atoms with Crippen LogP contribution in [0.5, 0.6) is 0 Å². The summed E-state index contributed by atoms with van der Waals surface area (Å²) in [4.78, 5) is 15.8. The van der Waals surface area contributed by atoms with E-state index >= 15 is 0 Å². The monoisotopic (exact) mass is 299 g/mol. The van der Waals surface area contributed by atoms with Gasteiger partial charge in [0.05, 0.1) is 11.8 Å². The third-order valence-electron chi connectivity index (χ3n) is 2.94. The number of nitrogens with zero attached hydrogens (tertiary/aromatic N) is 2. The Morgan fingerprint density at radius 2 is 2.30 bits per heavy atom. The van der Waals surface area contributed by atoms with Gasteiger partial charge in [-0.3, -0.25) is 5.41 Å². The van der Waals surface area contributed by atoms with Crippen molar-refractivity contribution in [2.75, 3.05) is 6.26 Å². The molecular weight excluding hydrogens is 281 g/mol. The molecule has 1 rings (SSSR count). The van der Waals surface area contributed by atoms with Crippen molar-refractivity contribution in [1.29, 1.82) is 5.41 Å². The molecule has 0 amide bonds. The zero-order chi connectivity index (χ0) is 15.5. The van der Waals surface area contributed by atoms with Crippen LogP contribution < -0.4 is 5.49 Å². The SMILES string of the molecule is C=C(C)OC(=O)C(C)(F)[C@H](C)n1ccnc(SC)c1=N. The van der Waals surface area contributed by atoms with E-state index in [9.17, 15) is 9.18 Å². The fraction of sp³-hybridized carbons (Fsp3) is 0.462. The second kappa shape index (κ2) is 6.21. The van der Waals surface area contributed by atoms with Crippen LogP contribution in [0.15, 0.2) is 29.8 Å². The lowest BCUT2D eigenvalue weighted by Gasteiger charge is -2.27. The first-order chi connectivity index (χ1) is 9.21. The van der Waals surface area contributed by atoms with Crippen LogP contribution in [0.2, 0.25) is 0 Å². The normalized spacial score (nSPS) is 15.2. The molecule has 1 aromatic rings. The van der Waals surface area contributed by atoms with Gasteiger partial charge in [0.15, 0.2) is 5.49 Å². The van der Waals surface area contributed by atoms with E-state index in [4.69, 9.17) is 10.1 Å². The average molecular weight is 299 g/mol. The van der Waals surface area contributed by atoms with E-state index in [1.165, 1.54) is 42.6 Å². The Kier molecular flexibility index (Phi) is 5.10. The molecular formula is C13H18FN3O2S. The summed E-state index contributed by atoms with van der Waals surface area (Å²) in [5.41, 5.74) is -2.23. The minimum Gasteiger partial charge on any atom is -0.430 e. The van der Waals surface area contributed by atoms with Crippen molar-refractivity contribution >= 4 is 17.7 Å². The third-order valence-corrected chi connectivity index (χ3v) is 3.63. The summed E-state index contributed by atoms with van der Waals surface area (Å²) in [5, 5.41) is 8.44. The lowest BCUT2D eigenvalue weighted by atomic mass is 10.00. The van der Waals surface area contributed by atoms with Gasteiger partial charge < -0.3 is 9.30 Å². The predicted octanol–water partition coefficient (Wildman–Crippen LogP) is 2.45.